The summed E-state index contributed by atoms with van der Waals surface area (Å²) in [6.45, 7) is 6.27. The summed E-state index contributed by atoms with van der Waals surface area (Å²) in [7, 11) is 1.71. The van der Waals surface area contributed by atoms with E-state index >= 15 is 0 Å². The van der Waals surface area contributed by atoms with Gasteiger partial charge in [0.1, 0.15) is 0 Å². The Labute approximate surface area is 119 Å². The van der Waals surface area contributed by atoms with Gasteiger partial charge in [-0.05, 0) is 45.0 Å². The van der Waals surface area contributed by atoms with Crippen LogP contribution in [0.1, 0.15) is 18.1 Å². The molecule has 0 saturated heterocycles. The smallest absolute Gasteiger partial charge is 0.320 e. The summed E-state index contributed by atoms with van der Waals surface area (Å²) in [5, 5.41) is 2.85. The van der Waals surface area contributed by atoms with Crippen molar-refractivity contribution >= 4 is 17.6 Å². The number of anilines is 1. The Morgan fingerprint density at radius 2 is 1.95 bits per heavy atom. The lowest BCUT2D eigenvalue weighted by molar-refractivity contribution is -0.144. The van der Waals surface area contributed by atoms with Crippen LogP contribution in [0, 0.1) is 13.8 Å². The third-order valence-corrected chi connectivity index (χ3v) is 2.79. The van der Waals surface area contributed by atoms with E-state index in [0.29, 0.717) is 6.61 Å². The minimum Gasteiger partial charge on any atom is -0.465 e. The van der Waals surface area contributed by atoms with E-state index in [1.807, 2.05) is 32.0 Å². The van der Waals surface area contributed by atoms with Crippen molar-refractivity contribution in [2.75, 3.05) is 32.1 Å². The second kappa shape index (κ2) is 7.65. The molecule has 0 aromatic heterocycles. The lowest BCUT2D eigenvalue weighted by Gasteiger charge is -2.16. The Kier molecular flexibility index (Phi) is 6.18. The van der Waals surface area contributed by atoms with Gasteiger partial charge in [-0.15, -0.1) is 0 Å². The van der Waals surface area contributed by atoms with E-state index in [1.54, 1.807) is 18.9 Å². The van der Waals surface area contributed by atoms with Crippen LogP contribution in [-0.2, 0) is 14.3 Å². The number of esters is 1. The van der Waals surface area contributed by atoms with Gasteiger partial charge in [0.2, 0.25) is 5.91 Å². The first-order valence-corrected chi connectivity index (χ1v) is 6.63. The van der Waals surface area contributed by atoms with E-state index in [4.69, 9.17) is 4.74 Å². The van der Waals surface area contributed by atoms with Gasteiger partial charge in [-0.25, -0.2) is 0 Å². The second-order valence-corrected chi connectivity index (χ2v) is 4.84. The van der Waals surface area contributed by atoms with Gasteiger partial charge in [-0.1, -0.05) is 12.1 Å². The first kappa shape index (κ1) is 16.2. The van der Waals surface area contributed by atoms with E-state index in [0.717, 1.165) is 16.8 Å². The molecule has 0 aliphatic heterocycles. The molecule has 1 aromatic carbocycles. The van der Waals surface area contributed by atoms with Crippen LogP contribution in [-0.4, -0.2) is 43.5 Å². The summed E-state index contributed by atoms with van der Waals surface area (Å²) in [6.07, 6.45) is 0. The lowest BCUT2D eigenvalue weighted by Crippen LogP contribution is -2.34. The summed E-state index contributed by atoms with van der Waals surface area (Å²) in [6, 6.07) is 5.89. The van der Waals surface area contributed by atoms with E-state index in [9.17, 15) is 9.59 Å². The molecule has 1 aromatic rings. The molecule has 0 saturated carbocycles. The molecule has 0 aliphatic carbocycles. The van der Waals surface area contributed by atoms with Crippen molar-refractivity contribution in [1.29, 1.82) is 0 Å². The predicted molar refractivity (Wildman–Crippen MR) is 78.7 cm³/mol. The van der Waals surface area contributed by atoms with E-state index in [2.05, 4.69) is 5.32 Å². The van der Waals surface area contributed by atoms with Crippen LogP contribution >= 0.6 is 0 Å². The van der Waals surface area contributed by atoms with E-state index in [-0.39, 0.29) is 25.0 Å². The largest absolute Gasteiger partial charge is 0.465 e. The number of rotatable bonds is 6. The lowest BCUT2D eigenvalue weighted by atomic mass is 10.1. The molecule has 110 valence electrons. The summed E-state index contributed by atoms with van der Waals surface area (Å²) >= 11 is 0. The van der Waals surface area contributed by atoms with Gasteiger partial charge in [-0.2, -0.15) is 0 Å². The number of likely N-dealkylation sites (N-methyl/N-ethyl adjacent to an activating group) is 1. The van der Waals surface area contributed by atoms with Gasteiger partial charge >= 0.3 is 5.97 Å². The average molecular weight is 278 g/mol. The molecule has 0 spiro atoms. The Balaban J connectivity index is 2.51. The van der Waals surface area contributed by atoms with Crippen molar-refractivity contribution in [3.63, 3.8) is 0 Å². The highest BCUT2D eigenvalue weighted by atomic mass is 16.5. The Morgan fingerprint density at radius 3 is 2.60 bits per heavy atom. The third kappa shape index (κ3) is 5.40. The Bertz CT molecular complexity index is 486. The number of nitrogens with one attached hydrogen (secondary N) is 1. The number of carbonyl (C=O) groups is 2. The third-order valence-electron chi connectivity index (χ3n) is 2.79. The molecule has 0 atom stereocenters. The van der Waals surface area contributed by atoms with Crippen LogP contribution in [0.4, 0.5) is 5.69 Å². The van der Waals surface area contributed by atoms with Gasteiger partial charge in [-0.3, -0.25) is 14.5 Å². The molecule has 5 nitrogen and oxygen atoms in total. The highest BCUT2D eigenvalue weighted by molar-refractivity contribution is 5.93. The molecule has 0 fully saturated rings. The fourth-order valence-corrected chi connectivity index (χ4v) is 1.79. The number of ether oxygens (including phenoxy) is 1. The molecule has 20 heavy (non-hydrogen) atoms. The fraction of sp³-hybridized carbons (Fsp3) is 0.467. The van der Waals surface area contributed by atoms with E-state index < -0.39 is 0 Å². The standard InChI is InChI=1S/C15H22N2O3/c1-5-20-15(19)10-17(4)9-14(18)16-13-8-11(2)6-7-12(13)3/h6-8H,5,9-10H2,1-4H3,(H,16,18). The van der Waals surface area contributed by atoms with Gasteiger partial charge < -0.3 is 10.1 Å². The maximum absolute atomic E-state index is 11.9. The number of hydrogen-bond donors (Lipinski definition) is 1. The topological polar surface area (TPSA) is 58.6 Å². The summed E-state index contributed by atoms with van der Waals surface area (Å²) in [5.74, 6) is -0.472. The minimum absolute atomic E-state index is 0.105. The van der Waals surface area contributed by atoms with Crippen LogP contribution in [0.2, 0.25) is 0 Å². The van der Waals surface area contributed by atoms with Crippen LogP contribution in [0.5, 0.6) is 0 Å². The van der Waals surface area contributed by atoms with Crippen molar-refractivity contribution in [1.82, 2.24) is 4.90 Å². The molecular formula is C15H22N2O3. The van der Waals surface area contributed by atoms with Gasteiger partial charge in [0.25, 0.3) is 0 Å². The number of carbonyl (C=O) groups excluding carboxylic acids is 2. The number of nitrogens with zero attached hydrogens (tertiary/aromatic N) is 1. The van der Waals surface area contributed by atoms with Crippen molar-refractivity contribution < 1.29 is 14.3 Å². The van der Waals surface area contributed by atoms with Gasteiger partial charge in [0, 0.05) is 5.69 Å². The van der Waals surface area contributed by atoms with Crippen LogP contribution in [0.25, 0.3) is 0 Å². The molecule has 1 amide bonds. The molecule has 0 radical (unpaired) electrons. The highest BCUT2D eigenvalue weighted by Crippen LogP contribution is 2.16. The van der Waals surface area contributed by atoms with Crippen molar-refractivity contribution in [2.24, 2.45) is 0 Å². The predicted octanol–water partition coefficient (Wildman–Crippen LogP) is 1.74. The molecule has 1 rings (SSSR count). The maximum atomic E-state index is 11.9. The molecule has 0 heterocycles. The molecule has 0 aliphatic rings. The summed E-state index contributed by atoms with van der Waals surface area (Å²) in [5.41, 5.74) is 2.90. The molecule has 5 heteroatoms. The Hall–Kier alpha value is -1.88. The fourth-order valence-electron chi connectivity index (χ4n) is 1.79. The first-order chi connectivity index (χ1) is 9.42. The maximum Gasteiger partial charge on any atom is 0.320 e. The van der Waals surface area contributed by atoms with Crippen molar-refractivity contribution in [3.8, 4) is 0 Å². The molecule has 0 bridgehead atoms. The van der Waals surface area contributed by atoms with Crippen molar-refractivity contribution in [3.05, 3.63) is 29.3 Å². The van der Waals surface area contributed by atoms with Crippen LogP contribution < -0.4 is 5.32 Å². The Morgan fingerprint density at radius 1 is 1.25 bits per heavy atom. The highest BCUT2D eigenvalue weighted by Gasteiger charge is 2.12. The number of aryl methyl sites for hydroxylation is 2. The van der Waals surface area contributed by atoms with Crippen LogP contribution in [0.3, 0.4) is 0 Å². The SMILES string of the molecule is CCOC(=O)CN(C)CC(=O)Nc1cc(C)ccc1C. The number of benzene rings is 1. The molecule has 0 unspecified atom stereocenters. The zero-order chi connectivity index (χ0) is 15.1. The van der Waals surface area contributed by atoms with Crippen LogP contribution in [0.15, 0.2) is 18.2 Å². The molecular weight excluding hydrogens is 256 g/mol. The molecule has 1 N–H and O–H groups in total. The van der Waals surface area contributed by atoms with E-state index in [1.165, 1.54) is 0 Å². The summed E-state index contributed by atoms with van der Waals surface area (Å²) in [4.78, 5) is 24.8. The van der Waals surface area contributed by atoms with Gasteiger partial charge in [0.15, 0.2) is 0 Å². The van der Waals surface area contributed by atoms with Gasteiger partial charge in [0.05, 0.1) is 19.7 Å². The monoisotopic (exact) mass is 278 g/mol. The zero-order valence-electron chi connectivity index (χ0n) is 12.5. The summed E-state index contributed by atoms with van der Waals surface area (Å²) < 4.78 is 4.83. The second-order valence-electron chi connectivity index (χ2n) is 4.84. The first-order valence-electron chi connectivity index (χ1n) is 6.63. The zero-order valence-corrected chi connectivity index (χ0v) is 12.5. The number of amides is 1. The quantitative estimate of drug-likeness (QED) is 0.805. The minimum atomic E-state index is -0.325. The van der Waals surface area contributed by atoms with Crippen molar-refractivity contribution in [2.45, 2.75) is 20.8 Å². The average Bonchev–Trinajstić information content (AvgIpc) is 2.33. The normalized spacial score (nSPS) is 10.4. The number of hydrogen-bond acceptors (Lipinski definition) is 4.